The number of hydrogen-bond acceptors (Lipinski definition) is 2. The van der Waals surface area contributed by atoms with Crippen molar-refractivity contribution in [1.82, 2.24) is 4.90 Å². The summed E-state index contributed by atoms with van der Waals surface area (Å²) < 4.78 is 1.03. The van der Waals surface area contributed by atoms with E-state index in [0.29, 0.717) is 11.2 Å². The van der Waals surface area contributed by atoms with Crippen LogP contribution in [0.25, 0.3) is 0 Å². The molecule has 0 amide bonds. The average molecular weight is 354 g/mol. The summed E-state index contributed by atoms with van der Waals surface area (Å²) in [6.07, 6.45) is 3.82. The molecule has 118 valence electrons. The summed E-state index contributed by atoms with van der Waals surface area (Å²) in [6, 6.07) is 5.99. The van der Waals surface area contributed by atoms with Crippen LogP contribution in [0.1, 0.15) is 58.6 Å². The number of phenols is 1. The van der Waals surface area contributed by atoms with E-state index in [9.17, 15) is 5.11 Å². The van der Waals surface area contributed by atoms with Gasteiger partial charge in [-0.15, -0.1) is 0 Å². The van der Waals surface area contributed by atoms with E-state index in [4.69, 9.17) is 0 Å². The van der Waals surface area contributed by atoms with Gasteiger partial charge in [0.25, 0.3) is 0 Å². The van der Waals surface area contributed by atoms with Crippen molar-refractivity contribution in [3.63, 3.8) is 0 Å². The van der Waals surface area contributed by atoms with Crippen LogP contribution in [-0.4, -0.2) is 23.1 Å². The first-order valence-electron chi connectivity index (χ1n) is 8.01. The fourth-order valence-electron chi connectivity index (χ4n) is 3.43. The molecule has 1 N–H and O–H groups in total. The van der Waals surface area contributed by atoms with E-state index in [-0.39, 0.29) is 6.04 Å². The van der Waals surface area contributed by atoms with Gasteiger partial charge in [0.2, 0.25) is 0 Å². The maximum absolute atomic E-state index is 10.1. The predicted molar refractivity (Wildman–Crippen MR) is 92.6 cm³/mol. The highest BCUT2D eigenvalue weighted by Gasteiger charge is 2.29. The summed E-state index contributed by atoms with van der Waals surface area (Å²) in [5.41, 5.74) is 1.43. The van der Waals surface area contributed by atoms with Gasteiger partial charge in [-0.05, 0) is 68.8 Å². The summed E-state index contributed by atoms with van der Waals surface area (Å²) in [4.78, 5) is 2.52. The molecule has 1 aromatic rings. The van der Waals surface area contributed by atoms with Crippen molar-refractivity contribution < 1.29 is 5.11 Å². The molecule has 2 rings (SSSR count). The number of aromatic hydroxyl groups is 1. The summed E-state index contributed by atoms with van der Waals surface area (Å²) in [6.45, 7) is 11.5. The van der Waals surface area contributed by atoms with E-state index >= 15 is 0 Å². The number of phenolic OH excluding ortho intramolecular Hbond substituents is 1. The highest BCUT2D eigenvalue weighted by Crippen LogP contribution is 2.37. The van der Waals surface area contributed by atoms with Crippen LogP contribution in [0.4, 0.5) is 0 Å². The van der Waals surface area contributed by atoms with Crippen LogP contribution in [0, 0.1) is 11.3 Å². The maximum atomic E-state index is 10.1. The molecule has 1 saturated heterocycles. The molecule has 0 aromatic heterocycles. The maximum Gasteiger partial charge on any atom is 0.120 e. The first-order valence-corrected chi connectivity index (χ1v) is 8.81. The lowest BCUT2D eigenvalue weighted by atomic mass is 9.77. The van der Waals surface area contributed by atoms with Crippen LogP contribution >= 0.6 is 15.9 Å². The van der Waals surface area contributed by atoms with Crippen LogP contribution in [0.15, 0.2) is 22.7 Å². The van der Waals surface area contributed by atoms with E-state index in [1.807, 2.05) is 12.1 Å². The van der Waals surface area contributed by atoms with E-state index in [1.54, 1.807) is 6.07 Å². The molecule has 21 heavy (non-hydrogen) atoms. The van der Waals surface area contributed by atoms with Gasteiger partial charge in [-0.1, -0.05) is 36.7 Å². The number of hydrogen-bond donors (Lipinski definition) is 1. The van der Waals surface area contributed by atoms with E-state index in [1.165, 1.54) is 19.3 Å². The summed E-state index contributed by atoms with van der Waals surface area (Å²) >= 11 is 3.51. The Bertz CT molecular complexity index is 481. The second-order valence-corrected chi connectivity index (χ2v) is 8.32. The van der Waals surface area contributed by atoms with Crippen LogP contribution in [0.2, 0.25) is 0 Å². The fourth-order valence-corrected chi connectivity index (χ4v) is 3.81. The zero-order valence-corrected chi connectivity index (χ0v) is 15.3. The van der Waals surface area contributed by atoms with Gasteiger partial charge in [0.05, 0.1) is 0 Å². The third kappa shape index (κ3) is 4.23. The normalized spacial score (nSPS) is 22.8. The molecule has 1 aliphatic rings. The second kappa shape index (κ2) is 6.70. The van der Waals surface area contributed by atoms with E-state index in [2.05, 4.69) is 48.5 Å². The first-order chi connectivity index (χ1) is 9.79. The van der Waals surface area contributed by atoms with Crippen molar-refractivity contribution in [2.75, 3.05) is 13.1 Å². The van der Waals surface area contributed by atoms with E-state index < -0.39 is 0 Å². The smallest absolute Gasteiger partial charge is 0.120 e. The Labute approximate surface area is 137 Å². The number of halogens is 1. The zero-order chi connectivity index (χ0) is 15.6. The Balaban J connectivity index is 2.10. The molecule has 0 radical (unpaired) electrons. The third-order valence-electron chi connectivity index (χ3n) is 4.97. The summed E-state index contributed by atoms with van der Waals surface area (Å²) in [5, 5.41) is 10.1. The van der Waals surface area contributed by atoms with Crippen LogP contribution in [0.5, 0.6) is 5.75 Å². The minimum atomic E-state index is 0.265. The lowest BCUT2D eigenvalue weighted by molar-refractivity contribution is 0.188. The number of nitrogens with zero attached hydrogens (tertiary/aromatic N) is 1. The molecule has 0 saturated carbocycles. The molecule has 2 atom stereocenters. The van der Waals surface area contributed by atoms with Gasteiger partial charge >= 0.3 is 0 Å². The Morgan fingerprint density at radius 3 is 2.62 bits per heavy atom. The Hall–Kier alpha value is -0.540. The predicted octanol–water partition coefficient (Wildman–Crippen LogP) is 5.36. The van der Waals surface area contributed by atoms with Crippen LogP contribution in [0.3, 0.4) is 0 Å². The molecule has 0 aliphatic carbocycles. The molecule has 2 nitrogen and oxygen atoms in total. The van der Waals surface area contributed by atoms with Crippen molar-refractivity contribution in [2.45, 2.75) is 53.0 Å². The van der Waals surface area contributed by atoms with Crippen molar-refractivity contribution in [3.8, 4) is 5.75 Å². The number of rotatable bonds is 2. The monoisotopic (exact) mass is 353 g/mol. The molecule has 0 bridgehead atoms. The van der Waals surface area contributed by atoms with Crippen molar-refractivity contribution in [1.29, 1.82) is 0 Å². The molecule has 1 aliphatic heterocycles. The lowest BCUT2D eigenvalue weighted by Crippen LogP contribution is -2.29. The molecule has 0 spiro atoms. The minimum absolute atomic E-state index is 0.265. The van der Waals surface area contributed by atoms with Gasteiger partial charge in [-0.3, -0.25) is 4.90 Å². The molecule has 1 heterocycles. The Kier molecular flexibility index (Phi) is 5.37. The molecular formula is C18H28BrNO. The first kappa shape index (κ1) is 16.8. The van der Waals surface area contributed by atoms with Gasteiger partial charge in [-0.25, -0.2) is 0 Å². The lowest BCUT2D eigenvalue weighted by Gasteiger charge is -2.31. The van der Waals surface area contributed by atoms with E-state index in [0.717, 1.165) is 29.0 Å². The molecule has 2 unspecified atom stereocenters. The third-order valence-corrected chi connectivity index (χ3v) is 5.47. The molecular weight excluding hydrogens is 326 g/mol. The average Bonchev–Trinajstić information content (AvgIpc) is 2.66. The number of likely N-dealkylation sites (tertiary alicyclic amines) is 1. The van der Waals surface area contributed by atoms with Gasteiger partial charge in [0.1, 0.15) is 5.75 Å². The largest absolute Gasteiger partial charge is 0.508 e. The standard InChI is InChI=1S/C18H28BrNO/c1-13(16-12-15(19)7-8-17(16)21)20-10-5-6-14(9-11-20)18(2,3)4/h7-8,12-14,21H,5-6,9-11H2,1-4H3. The highest BCUT2D eigenvalue weighted by molar-refractivity contribution is 9.10. The van der Waals surface area contributed by atoms with Crippen LogP contribution < -0.4 is 0 Å². The molecule has 3 heteroatoms. The summed E-state index contributed by atoms with van der Waals surface area (Å²) in [5.74, 6) is 1.20. The van der Waals surface area contributed by atoms with Gasteiger partial charge in [0, 0.05) is 16.1 Å². The molecule has 1 aromatic carbocycles. The highest BCUT2D eigenvalue weighted by atomic mass is 79.9. The van der Waals surface area contributed by atoms with Crippen molar-refractivity contribution in [3.05, 3.63) is 28.2 Å². The quantitative estimate of drug-likeness (QED) is 0.772. The Morgan fingerprint density at radius 1 is 1.24 bits per heavy atom. The van der Waals surface area contributed by atoms with Crippen molar-refractivity contribution >= 4 is 15.9 Å². The van der Waals surface area contributed by atoms with Crippen molar-refractivity contribution in [2.24, 2.45) is 11.3 Å². The van der Waals surface area contributed by atoms with Crippen LogP contribution in [-0.2, 0) is 0 Å². The minimum Gasteiger partial charge on any atom is -0.508 e. The molecule has 1 fully saturated rings. The summed E-state index contributed by atoms with van der Waals surface area (Å²) in [7, 11) is 0. The fraction of sp³-hybridized carbons (Fsp3) is 0.667. The second-order valence-electron chi connectivity index (χ2n) is 7.41. The zero-order valence-electron chi connectivity index (χ0n) is 13.7. The van der Waals surface area contributed by atoms with Gasteiger partial charge < -0.3 is 5.11 Å². The van der Waals surface area contributed by atoms with Gasteiger partial charge in [0.15, 0.2) is 0 Å². The topological polar surface area (TPSA) is 23.5 Å². The SMILES string of the molecule is CC(c1cc(Br)ccc1O)N1CCCC(C(C)(C)C)CC1. The Morgan fingerprint density at radius 2 is 1.95 bits per heavy atom. The van der Waals surface area contributed by atoms with Gasteiger partial charge in [-0.2, -0.15) is 0 Å². The number of benzene rings is 1.